The fraction of sp³-hybridized carbons (Fsp3) is 0.250. The lowest BCUT2D eigenvalue weighted by molar-refractivity contribution is -0.113. The molecule has 3 N–H and O–H groups in total. The van der Waals surface area contributed by atoms with Gasteiger partial charge in [-0.3, -0.25) is 4.79 Å². The number of thioether (sulfide) groups is 1. The fourth-order valence-electron chi connectivity index (χ4n) is 2.82. The number of nitrogens with zero attached hydrogens (tertiary/aromatic N) is 3. The number of para-hydroxylation sites is 1. The summed E-state index contributed by atoms with van der Waals surface area (Å²) < 4.78 is 6.55. The minimum absolute atomic E-state index is 0.108. The molecule has 1 amide bonds. The van der Waals surface area contributed by atoms with Gasteiger partial charge in [-0.15, -0.1) is 10.2 Å². The Hall–Kier alpha value is -3.00. The van der Waals surface area contributed by atoms with E-state index in [0.717, 1.165) is 34.5 Å². The van der Waals surface area contributed by atoms with Crippen LogP contribution in [0.4, 0.5) is 5.69 Å². The number of aryl methyl sites for hydroxylation is 2. The molecular weight excluding hydrogens is 374 g/mol. The molecule has 0 bridgehead atoms. The van der Waals surface area contributed by atoms with Crippen molar-refractivity contribution in [2.75, 3.05) is 24.0 Å². The Morgan fingerprint density at radius 2 is 1.96 bits per heavy atom. The number of carbonyl (C=O) groups is 1. The van der Waals surface area contributed by atoms with Gasteiger partial charge in [0, 0.05) is 11.3 Å². The normalized spacial score (nSPS) is 10.7. The number of hydrogen-bond acceptors (Lipinski definition) is 6. The van der Waals surface area contributed by atoms with Crippen molar-refractivity contribution in [3.63, 3.8) is 0 Å². The zero-order valence-corrected chi connectivity index (χ0v) is 16.9. The van der Waals surface area contributed by atoms with E-state index < -0.39 is 0 Å². The number of nitrogens with one attached hydrogen (secondary N) is 1. The lowest BCUT2D eigenvalue weighted by Gasteiger charge is -2.12. The topological polar surface area (TPSA) is 95.1 Å². The van der Waals surface area contributed by atoms with Crippen LogP contribution in [0.3, 0.4) is 0 Å². The number of carbonyl (C=O) groups excluding carboxylic acids is 1. The number of rotatable bonds is 7. The molecule has 7 nitrogen and oxygen atoms in total. The van der Waals surface area contributed by atoms with E-state index in [1.165, 1.54) is 16.4 Å². The Morgan fingerprint density at radius 3 is 2.64 bits per heavy atom. The van der Waals surface area contributed by atoms with Crippen molar-refractivity contribution >= 4 is 23.4 Å². The maximum atomic E-state index is 12.4. The SMILES string of the molecule is CCc1cccc(C)c1NC(=O)CSc1nnc(-c2ccc(OC)cc2)n1N. The van der Waals surface area contributed by atoms with Crippen LogP contribution in [0.5, 0.6) is 5.75 Å². The zero-order valence-electron chi connectivity index (χ0n) is 16.1. The van der Waals surface area contributed by atoms with Crippen LogP contribution >= 0.6 is 11.8 Å². The van der Waals surface area contributed by atoms with Crippen molar-refractivity contribution in [3.8, 4) is 17.1 Å². The number of aromatic nitrogens is 3. The molecule has 146 valence electrons. The molecule has 0 saturated heterocycles. The van der Waals surface area contributed by atoms with Crippen molar-refractivity contribution in [2.24, 2.45) is 0 Å². The van der Waals surface area contributed by atoms with Crippen LogP contribution in [0.15, 0.2) is 47.6 Å². The van der Waals surface area contributed by atoms with E-state index in [9.17, 15) is 4.79 Å². The number of ether oxygens (including phenoxy) is 1. The fourth-order valence-corrected chi connectivity index (χ4v) is 3.48. The largest absolute Gasteiger partial charge is 0.497 e. The van der Waals surface area contributed by atoms with Crippen molar-refractivity contribution in [1.82, 2.24) is 14.9 Å². The summed E-state index contributed by atoms with van der Waals surface area (Å²) in [5.41, 5.74) is 3.85. The second-order valence-corrected chi connectivity index (χ2v) is 7.15. The molecule has 0 spiro atoms. The molecule has 0 unspecified atom stereocenters. The molecular formula is C20H23N5O2S. The standard InChI is InChI=1S/C20H23N5O2S/c1-4-14-7-5-6-13(2)18(14)22-17(26)12-28-20-24-23-19(25(20)21)15-8-10-16(27-3)11-9-15/h5-11H,4,12,21H2,1-3H3,(H,22,26). The third-order valence-corrected chi connectivity index (χ3v) is 5.29. The van der Waals surface area contributed by atoms with E-state index in [2.05, 4.69) is 22.4 Å². The predicted molar refractivity (Wildman–Crippen MR) is 112 cm³/mol. The quantitative estimate of drug-likeness (QED) is 0.469. The van der Waals surface area contributed by atoms with E-state index in [-0.39, 0.29) is 11.7 Å². The van der Waals surface area contributed by atoms with Gasteiger partial charge in [0.05, 0.1) is 12.9 Å². The number of hydrogen-bond donors (Lipinski definition) is 2. The highest BCUT2D eigenvalue weighted by Crippen LogP contribution is 2.25. The van der Waals surface area contributed by atoms with Gasteiger partial charge < -0.3 is 15.9 Å². The van der Waals surface area contributed by atoms with E-state index in [1.54, 1.807) is 7.11 Å². The second kappa shape index (κ2) is 8.79. The summed E-state index contributed by atoms with van der Waals surface area (Å²) in [5.74, 6) is 7.48. The molecule has 0 atom stereocenters. The lowest BCUT2D eigenvalue weighted by Crippen LogP contribution is -2.17. The average molecular weight is 398 g/mol. The number of nitrogens with two attached hydrogens (primary N) is 1. The molecule has 1 aromatic heterocycles. The van der Waals surface area contributed by atoms with Crippen LogP contribution < -0.4 is 15.9 Å². The maximum absolute atomic E-state index is 12.4. The molecule has 1 heterocycles. The summed E-state index contributed by atoms with van der Waals surface area (Å²) in [4.78, 5) is 12.4. The van der Waals surface area contributed by atoms with E-state index >= 15 is 0 Å². The number of amides is 1. The molecule has 0 aliphatic heterocycles. The Labute approximate surface area is 168 Å². The van der Waals surface area contributed by atoms with E-state index in [1.807, 2.05) is 49.4 Å². The molecule has 0 radical (unpaired) electrons. The molecule has 0 fully saturated rings. The first-order chi connectivity index (χ1) is 13.5. The van der Waals surface area contributed by atoms with Gasteiger partial charge in [0.2, 0.25) is 11.1 Å². The molecule has 3 rings (SSSR count). The first-order valence-electron chi connectivity index (χ1n) is 8.89. The minimum atomic E-state index is -0.108. The highest BCUT2D eigenvalue weighted by molar-refractivity contribution is 7.99. The van der Waals surface area contributed by atoms with Gasteiger partial charge in [-0.2, -0.15) is 0 Å². The van der Waals surface area contributed by atoms with E-state index in [0.29, 0.717) is 11.0 Å². The maximum Gasteiger partial charge on any atom is 0.234 e. The monoisotopic (exact) mass is 397 g/mol. The number of nitrogen functional groups attached to an aromatic ring is 1. The molecule has 2 aromatic carbocycles. The molecule has 0 saturated carbocycles. The highest BCUT2D eigenvalue weighted by Gasteiger charge is 2.15. The average Bonchev–Trinajstić information content (AvgIpc) is 3.08. The van der Waals surface area contributed by atoms with Crippen molar-refractivity contribution < 1.29 is 9.53 Å². The number of benzene rings is 2. The Bertz CT molecular complexity index is 969. The van der Waals surface area contributed by atoms with Crippen LogP contribution in [0.1, 0.15) is 18.1 Å². The smallest absolute Gasteiger partial charge is 0.234 e. The van der Waals surface area contributed by atoms with Crippen LogP contribution in [0.2, 0.25) is 0 Å². The minimum Gasteiger partial charge on any atom is -0.497 e. The summed E-state index contributed by atoms with van der Waals surface area (Å²) >= 11 is 1.24. The summed E-state index contributed by atoms with van der Waals surface area (Å²) in [5, 5.41) is 11.7. The van der Waals surface area contributed by atoms with Gasteiger partial charge in [-0.1, -0.05) is 36.9 Å². The van der Waals surface area contributed by atoms with Crippen LogP contribution in [-0.4, -0.2) is 33.6 Å². The first-order valence-corrected chi connectivity index (χ1v) is 9.88. The second-order valence-electron chi connectivity index (χ2n) is 6.20. The summed E-state index contributed by atoms with van der Waals surface area (Å²) in [6, 6.07) is 13.4. The molecule has 28 heavy (non-hydrogen) atoms. The van der Waals surface area contributed by atoms with E-state index in [4.69, 9.17) is 10.6 Å². The number of anilines is 1. The van der Waals surface area contributed by atoms with Crippen molar-refractivity contribution in [1.29, 1.82) is 0 Å². The Kier molecular flexibility index (Phi) is 6.20. The van der Waals surface area contributed by atoms with Gasteiger partial charge in [0.1, 0.15) is 5.75 Å². The lowest BCUT2D eigenvalue weighted by atomic mass is 10.1. The van der Waals surface area contributed by atoms with Gasteiger partial charge in [0.25, 0.3) is 0 Å². The summed E-state index contributed by atoms with van der Waals surface area (Å²) in [6.07, 6.45) is 0.854. The van der Waals surface area contributed by atoms with Crippen molar-refractivity contribution in [2.45, 2.75) is 25.4 Å². The van der Waals surface area contributed by atoms with Crippen LogP contribution in [0.25, 0.3) is 11.4 Å². The van der Waals surface area contributed by atoms with Gasteiger partial charge in [-0.05, 0) is 48.7 Å². The summed E-state index contributed by atoms with van der Waals surface area (Å²) in [7, 11) is 1.61. The van der Waals surface area contributed by atoms with Gasteiger partial charge >= 0.3 is 0 Å². The Morgan fingerprint density at radius 1 is 1.21 bits per heavy atom. The number of methoxy groups -OCH3 is 1. The van der Waals surface area contributed by atoms with Gasteiger partial charge in [-0.25, -0.2) is 4.68 Å². The predicted octanol–water partition coefficient (Wildman–Crippen LogP) is 3.27. The van der Waals surface area contributed by atoms with Gasteiger partial charge in [0.15, 0.2) is 5.82 Å². The highest BCUT2D eigenvalue weighted by atomic mass is 32.2. The third kappa shape index (κ3) is 4.28. The molecule has 0 aliphatic rings. The first kappa shape index (κ1) is 19.8. The summed E-state index contributed by atoms with van der Waals surface area (Å²) in [6.45, 7) is 4.05. The molecule has 0 aliphatic carbocycles. The molecule has 8 heteroatoms. The zero-order chi connectivity index (χ0) is 20.1. The molecule has 3 aromatic rings. The van der Waals surface area contributed by atoms with Crippen molar-refractivity contribution in [3.05, 3.63) is 53.6 Å². The Balaban J connectivity index is 1.67. The third-order valence-electron chi connectivity index (χ3n) is 4.35. The van der Waals surface area contributed by atoms with Crippen LogP contribution in [-0.2, 0) is 11.2 Å². The van der Waals surface area contributed by atoms with Crippen LogP contribution in [0, 0.1) is 6.92 Å².